The number of Topliss-reactive ketones (excluding diaryl/α,β-unsaturated/α-hetero) is 1. The van der Waals surface area contributed by atoms with Crippen molar-refractivity contribution in [2.75, 3.05) is 0 Å². The number of rotatable bonds is 9. The summed E-state index contributed by atoms with van der Waals surface area (Å²) in [6.07, 6.45) is 6.37. The number of amides is 2. The summed E-state index contributed by atoms with van der Waals surface area (Å²) < 4.78 is 21.9. The zero-order valence-electron chi connectivity index (χ0n) is 22.2. The molecule has 41 heavy (non-hydrogen) atoms. The zero-order chi connectivity index (χ0) is 28.7. The summed E-state index contributed by atoms with van der Waals surface area (Å²) in [5, 5.41) is 3.43. The molecule has 2 aromatic carbocycles. The molecule has 2 fully saturated rings. The number of aromatic nitrogens is 3. The number of carbonyl (C=O) groups is 3. The highest BCUT2D eigenvalue weighted by atomic mass is 35.5. The average Bonchev–Trinajstić information content (AvgIpc) is 3.48. The molecule has 0 spiro atoms. The van der Waals surface area contributed by atoms with Gasteiger partial charge in [0.05, 0.1) is 5.02 Å². The number of ketones is 1. The molecule has 2 aromatic heterocycles. The van der Waals surface area contributed by atoms with E-state index in [1.165, 1.54) is 13.0 Å². The van der Waals surface area contributed by atoms with Crippen LogP contribution < -0.4 is 10.1 Å². The van der Waals surface area contributed by atoms with Gasteiger partial charge in [0, 0.05) is 53.2 Å². The predicted molar refractivity (Wildman–Crippen MR) is 149 cm³/mol. The van der Waals surface area contributed by atoms with Crippen molar-refractivity contribution in [1.82, 2.24) is 24.8 Å². The van der Waals surface area contributed by atoms with Gasteiger partial charge in [-0.2, -0.15) is 0 Å². The van der Waals surface area contributed by atoms with E-state index in [2.05, 4.69) is 15.3 Å². The van der Waals surface area contributed by atoms with E-state index in [0.717, 1.165) is 6.42 Å². The Morgan fingerprint density at radius 2 is 1.93 bits per heavy atom. The van der Waals surface area contributed by atoms with Crippen LogP contribution in [0.3, 0.4) is 0 Å². The first-order valence-corrected chi connectivity index (χ1v) is 13.7. The molecule has 11 heteroatoms. The number of fused-ring (bicyclic) bond motifs is 2. The molecule has 210 valence electrons. The highest BCUT2D eigenvalue weighted by Crippen LogP contribution is 2.48. The lowest BCUT2D eigenvalue weighted by atomic mass is 10.1. The molecular weight excluding hydrogens is 549 g/mol. The Balaban J connectivity index is 1.18. The normalized spacial score (nSPS) is 19.2. The largest absolute Gasteiger partial charge is 0.486 e. The molecule has 2 amide bonds. The fraction of sp³-hybridized carbons (Fsp3) is 0.300. The van der Waals surface area contributed by atoms with Crippen LogP contribution in [0, 0.1) is 11.7 Å². The highest BCUT2D eigenvalue weighted by molar-refractivity contribution is 6.30. The van der Waals surface area contributed by atoms with Gasteiger partial charge in [0.15, 0.2) is 11.6 Å². The first-order valence-electron chi connectivity index (χ1n) is 13.3. The molecule has 6 rings (SSSR count). The predicted octanol–water partition coefficient (Wildman–Crippen LogP) is 4.31. The molecule has 1 aliphatic heterocycles. The lowest BCUT2D eigenvalue weighted by Gasteiger charge is -2.27. The van der Waals surface area contributed by atoms with E-state index in [-0.39, 0.29) is 59.8 Å². The third-order valence-electron chi connectivity index (χ3n) is 7.70. The molecule has 1 aliphatic carbocycles. The second-order valence-corrected chi connectivity index (χ2v) is 10.8. The number of piperidine rings is 1. The van der Waals surface area contributed by atoms with Crippen molar-refractivity contribution in [1.29, 1.82) is 0 Å². The SMILES string of the molecule is CC(=O)c1cn(CC(=O)N2[C@@H]3C[C@@H]3C[C@H]2C(=O)NCc2cccc(Cl)c2F)c2ccc(OCc3ncccn3)cc12. The standard InChI is InChI=1S/C30H27ClFN5O4/c1-17(38)22-14-36(24-7-6-20(12-21(22)24)41-16-27-33-8-3-9-34-27)15-28(39)37-25-10-19(25)11-26(37)30(40)35-13-18-4-2-5-23(31)29(18)32/h2-9,12,14,19,25-26H,10-11,13,15-16H2,1H3,(H,35,40)/t19-,25-,26+/m1/s1. The second-order valence-electron chi connectivity index (χ2n) is 10.4. The minimum Gasteiger partial charge on any atom is -0.486 e. The number of nitrogens with zero attached hydrogens (tertiary/aromatic N) is 4. The van der Waals surface area contributed by atoms with Gasteiger partial charge in [0.1, 0.15) is 30.8 Å². The fourth-order valence-electron chi connectivity index (χ4n) is 5.59. The molecule has 1 N–H and O–H groups in total. The van der Waals surface area contributed by atoms with Crippen molar-refractivity contribution in [2.45, 2.75) is 51.5 Å². The number of nitrogens with one attached hydrogen (secondary N) is 1. The third kappa shape index (κ3) is 5.39. The summed E-state index contributed by atoms with van der Waals surface area (Å²) in [7, 11) is 0. The van der Waals surface area contributed by atoms with Gasteiger partial charge in [-0.25, -0.2) is 14.4 Å². The number of likely N-dealkylation sites (tertiary alicyclic amines) is 1. The van der Waals surface area contributed by atoms with Crippen LogP contribution >= 0.6 is 11.6 Å². The summed E-state index contributed by atoms with van der Waals surface area (Å²) in [4.78, 5) is 49.2. The summed E-state index contributed by atoms with van der Waals surface area (Å²) in [6.45, 7) is 1.60. The van der Waals surface area contributed by atoms with Crippen LogP contribution in [0.25, 0.3) is 10.9 Å². The van der Waals surface area contributed by atoms with Gasteiger partial charge in [-0.15, -0.1) is 0 Å². The molecule has 1 saturated heterocycles. The first-order chi connectivity index (χ1) is 19.8. The maximum atomic E-state index is 14.3. The maximum absolute atomic E-state index is 14.3. The van der Waals surface area contributed by atoms with E-state index in [9.17, 15) is 18.8 Å². The van der Waals surface area contributed by atoms with Crippen LogP contribution in [0.1, 0.15) is 41.5 Å². The van der Waals surface area contributed by atoms with Crippen LogP contribution in [0.15, 0.2) is 61.1 Å². The number of hydrogen-bond acceptors (Lipinski definition) is 6. The van der Waals surface area contributed by atoms with E-state index in [0.29, 0.717) is 34.5 Å². The lowest BCUT2D eigenvalue weighted by Crippen LogP contribution is -2.48. The highest BCUT2D eigenvalue weighted by Gasteiger charge is 2.55. The number of hydrogen-bond donors (Lipinski definition) is 1. The van der Waals surface area contributed by atoms with Crippen molar-refractivity contribution in [3.63, 3.8) is 0 Å². The lowest BCUT2D eigenvalue weighted by molar-refractivity contribution is -0.140. The van der Waals surface area contributed by atoms with Crippen molar-refractivity contribution >= 4 is 40.1 Å². The fourth-order valence-corrected chi connectivity index (χ4v) is 5.79. The molecular formula is C30H27ClFN5O4. The monoisotopic (exact) mass is 575 g/mol. The summed E-state index contributed by atoms with van der Waals surface area (Å²) >= 11 is 5.86. The van der Waals surface area contributed by atoms with Crippen molar-refractivity contribution in [3.8, 4) is 5.75 Å². The van der Waals surface area contributed by atoms with Crippen LogP contribution in [0.2, 0.25) is 5.02 Å². The van der Waals surface area contributed by atoms with Crippen LogP contribution in [0.5, 0.6) is 5.75 Å². The Kier molecular flexibility index (Phi) is 7.17. The molecule has 4 aromatic rings. The van der Waals surface area contributed by atoms with Gasteiger partial charge < -0.3 is 19.5 Å². The summed E-state index contributed by atoms with van der Waals surface area (Å²) in [5.41, 5.74) is 1.45. The molecule has 0 bridgehead atoms. The van der Waals surface area contributed by atoms with E-state index >= 15 is 0 Å². The molecule has 1 saturated carbocycles. The number of halogens is 2. The van der Waals surface area contributed by atoms with Crippen LogP contribution in [0.4, 0.5) is 4.39 Å². The van der Waals surface area contributed by atoms with Crippen molar-refractivity contribution in [3.05, 3.63) is 88.8 Å². The van der Waals surface area contributed by atoms with Gasteiger partial charge in [-0.3, -0.25) is 14.4 Å². The van der Waals surface area contributed by atoms with Gasteiger partial charge >= 0.3 is 0 Å². The van der Waals surface area contributed by atoms with Crippen LogP contribution in [-0.2, 0) is 29.3 Å². The Hall–Kier alpha value is -4.31. The number of ether oxygens (including phenoxy) is 1. The molecule has 3 atom stereocenters. The van der Waals surface area contributed by atoms with Gasteiger partial charge in [0.25, 0.3) is 0 Å². The van der Waals surface area contributed by atoms with Crippen molar-refractivity contribution in [2.24, 2.45) is 5.92 Å². The Bertz CT molecular complexity index is 1660. The molecule has 2 aliphatic rings. The van der Waals surface area contributed by atoms with Gasteiger partial charge in [-0.1, -0.05) is 23.7 Å². The minimum atomic E-state index is -0.636. The summed E-state index contributed by atoms with van der Waals surface area (Å²) in [6, 6.07) is 11.1. The van der Waals surface area contributed by atoms with E-state index < -0.39 is 11.9 Å². The number of carbonyl (C=O) groups excluding carboxylic acids is 3. The summed E-state index contributed by atoms with van der Waals surface area (Å²) in [5.74, 6) is 0.110. The average molecular weight is 576 g/mol. The van der Waals surface area contributed by atoms with E-state index in [1.807, 2.05) is 6.07 Å². The van der Waals surface area contributed by atoms with Crippen molar-refractivity contribution < 1.29 is 23.5 Å². The Labute approximate surface area is 240 Å². The van der Waals surface area contributed by atoms with E-state index in [1.54, 1.807) is 58.4 Å². The van der Waals surface area contributed by atoms with Gasteiger partial charge in [0.2, 0.25) is 11.8 Å². The smallest absolute Gasteiger partial charge is 0.243 e. The maximum Gasteiger partial charge on any atom is 0.243 e. The quantitative estimate of drug-likeness (QED) is 0.298. The molecule has 0 unspecified atom stereocenters. The van der Waals surface area contributed by atoms with Crippen LogP contribution in [-0.4, -0.2) is 49.1 Å². The van der Waals surface area contributed by atoms with Gasteiger partial charge in [-0.05, 0) is 56.0 Å². The van der Waals surface area contributed by atoms with E-state index in [4.69, 9.17) is 16.3 Å². The zero-order valence-corrected chi connectivity index (χ0v) is 23.0. The minimum absolute atomic E-state index is 0.00969. The Morgan fingerprint density at radius 3 is 2.71 bits per heavy atom. The molecule has 9 nitrogen and oxygen atoms in total. The first kappa shape index (κ1) is 26.9. The third-order valence-corrected chi connectivity index (χ3v) is 8.00. The Morgan fingerprint density at radius 1 is 1.12 bits per heavy atom. The number of benzene rings is 2. The topological polar surface area (TPSA) is 106 Å². The molecule has 3 heterocycles. The molecule has 0 radical (unpaired) electrons. The second kappa shape index (κ2) is 10.9.